The van der Waals surface area contributed by atoms with Crippen LogP contribution in [0.1, 0.15) is 21.5 Å². The Bertz CT molecular complexity index is 1240. The first-order valence-corrected chi connectivity index (χ1v) is 9.02. The average Bonchev–Trinajstić information content (AvgIpc) is 2.73. The van der Waals surface area contributed by atoms with Crippen molar-refractivity contribution in [1.82, 2.24) is 9.97 Å². The summed E-state index contributed by atoms with van der Waals surface area (Å²) in [6, 6.07) is 11.9. The number of benzene rings is 2. The Balaban J connectivity index is 1.89. The molecule has 0 unspecified atom stereocenters. The smallest absolute Gasteiger partial charge is 0.256 e. The van der Waals surface area contributed by atoms with Crippen LogP contribution >= 0.6 is 0 Å². The molecule has 0 aliphatic rings. The number of carbonyl (C=O) groups excluding carboxylic acids is 1. The quantitative estimate of drug-likeness (QED) is 0.507. The molecule has 0 saturated heterocycles. The second kappa shape index (κ2) is 7.39. The van der Waals surface area contributed by atoms with Crippen LogP contribution in [0.25, 0.3) is 22.2 Å². The normalized spacial score (nSPS) is 10.9. The summed E-state index contributed by atoms with van der Waals surface area (Å²) in [5.74, 6) is -1.88. The molecule has 0 aliphatic carbocycles. The zero-order valence-electron chi connectivity index (χ0n) is 15.8. The van der Waals surface area contributed by atoms with Crippen LogP contribution in [-0.2, 0) is 0 Å². The van der Waals surface area contributed by atoms with Gasteiger partial charge >= 0.3 is 0 Å². The number of aromatic nitrogens is 2. The third-order valence-electron chi connectivity index (χ3n) is 4.90. The third kappa shape index (κ3) is 3.57. The van der Waals surface area contributed by atoms with E-state index < -0.39 is 17.5 Å². The van der Waals surface area contributed by atoms with Crippen molar-refractivity contribution in [2.75, 3.05) is 5.32 Å². The van der Waals surface area contributed by atoms with Gasteiger partial charge in [0.1, 0.15) is 11.6 Å². The summed E-state index contributed by atoms with van der Waals surface area (Å²) in [4.78, 5) is 21.8. The van der Waals surface area contributed by atoms with E-state index in [1.54, 1.807) is 30.6 Å². The minimum atomic E-state index is -0.709. The molecule has 2 heterocycles. The van der Waals surface area contributed by atoms with Gasteiger partial charge < -0.3 is 5.32 Å². The number of anilines is 1. The van der Waals surface area contributed by atoms with Gasteiger partial charge in [0.25, 0.3) is 5.91 Å². The maximum Gasteiger partial charge on any atom is 0.256 e. The van der Waals surface area contributed by atoms with Gasteiger partial charge in [0.2, 0.25) is 0 Å². The fraction of sp³-hybridized carbons (Fsp3) is 0.0870. The number of nitrogens with one attached hydrogen (secondary N) is 1. The lowest BCUT2D eigenvalue weighted by Crippen LogP contribution is -2.14. The van der Waals surface area contributed by atoms with E-state index in [9.17, 15) is 13.6 Å². The first-order valence-electron chi connectivity index (χ1n) is 9.02. The fourth-order valence-electron chi connectivity index (χ4n) is 3.17. The Kier molecular flexibility index (Phi) is 4.76. The monoisotopic (exact) mass is 389 g/mol. The minimum absolute atomic E-state index is 0.214. The first-order chi connectivity index (χ1) is 13.9. The van der Waals surface area contributed by atoms with Gasteiger partial charge in [0, 0.05) is 29.4 Å². The highest BCUT2D eigenvalue weighted by atomic mass is 19.1. The Hall–Kier alpha value is -3.67. The molecule has 4 nitrogen and oxygen atoms in total. The number of halogens is 2. The third-order valence-corrected chi connectivity index (χ3v) is 4.90. The van der Waals surface area contributed by atoms with E-state index in [-0.39, 0.29) is 5.69 Å². The Labute approximate surface area is 166 Å². The molecule has 0 fully saturated rings. The van der Waals surface area contributed by atoms with Crippen molar-refractivity contribution in [2.24, 2.45) is 0 Å². The molecular formula is C23H17F2N3O. The topological polar surface area (TPSA) is 54.9 Å². The van der Waals surface area contributed by atoms with Crippen molar-refractivity contribution >= 4 is 22.5 Å². The summed E-state index contributed by atoms with van der Waals surface area (Å²) in [5.41, 5.74) is 4.18. The molecule has 2 aromatic heterocycles. The van der Waals surface area contributed by atoms with Crippen molar-refractivity contribution in [3.05, 3.63) is 89.2 Å². The zero-order chi connectivity index (χ0) is 20.5. The van der Waals surface area contributed by atoms with Crippen LogP contribution in [0.4, 0.5) is 14.5 Å². The number of hydrogen-bond acceptors (Lipinski definition) is 3. The molecule has 2 aromatic carbocycles. The van der Waals surface area contributed by atoms with Gasteiger partial charge in [0.15, 0.2) is 0 Å². The number of hydrogen-bond donors (Lipinski definition) is 1. The van der Waals surface area contributed by atoms with E-state index in [1.807, 2.05) is 26.0 Å². The number of carbonyl (C=O) groups is 1. The molecule has 144 valence electrons. The largest absolute Gasteiger partial charge is 0.319 e. The van der Waals surface area contributed by atoms with Crippen LogP contribution in [0, 0.1) is 25.5 Å². The van der Waals surface area contributed by atoms with Crippen LogP contribution in [0.15, 0.2) is 60.9 Å². The van der Waals surface area contributed by atoms with E-state index in [2.05, 4.69) is 10.3 Å². The highest BCUT2D eigenvalue weighted by Crippen LogP contribution is 2.29. The van der Waals surface area contributed by atoms with Crippen molar-refractivity contribution in [1.29, 1.82) is 0 Å². The molecule has 0 atom stereocenters. The summed E-state index contributed by atoms with van der Waals surface area (Å²) in [6.07, 6.45) is 3.29. The van der Waals surface area contributed by atoms with Crippen molar-refractivity contribution in [2.45, 2.75) is 13.8 Å². The summed E-state index contributed by atoms with van der Waals surface area (Å²) in [6.45, 7) is 3.91. The molecule has 1 amide bonds. The molecule has 1 N–H and O–H groups in total. The standard InChI is InChI=1S/C23H17F2N3O/c1-13-3-5-17-18(23(29)28-21-11-16(24)4-6-19(21)25)12-20(27-22(17)14(13)2)15-7-9-26-10-8-15/h3-12H,1-2H3,(H,28,29). The van der Waals surface area contributed by atoms with Crippen LogP contribution in [-0.4, -0.2) is 15.9 Å². The van der Waals surface area contributed by atoms with Crippen molar-refractivity contribution < 1.29 is 13.6 Å². The van der Waals surface area contributed by atoms with Crippen LogP contribution in [0.3, 0.4) is 0 Å². The number of rotatable bonds is 3. The SMILES string of the molecule is Cc1ccc2c(C(=O)Nc3cc(F)ccc3F)cc(-c3ccncc3)nc2c1C. The molecule has 0 radical (unpaired) electrons. The van der Waals surface area contributed by atoms with Gasteiger partial charge in [-0.2, -0.15) is 0 Å². The van der Waals surface area contributed by atoms with Gasteiger partial charge in [-0.3, -0.25) is 9.78 Å². The second-order valence-electron chi connectivity index (χ2n) is 6.77. The molecule has 0 aliphatic heterocycles. The highest BCUT2D eigenvalue weighted by Gasteiger charge is 2.17. The Morgan fingerprint density at radius 3 is 2.48 bits per heavy atom. The predicted octanol–water partition coefficient (Wildman–Crippen LogP) is 5.44. The van der Waals surface area contributed by atoms with Crippen molar-refractivity contribution in [3.8, 4) is 11.3 Å². The maximum atomic E-state index is 14.0. The summed E-state index contributed by atoms with van der Waals surface area (Å²) in [7, 11) is 0. The minimum Gasteiger partial charge on any atom is -0.319 e. The lowest BCUT2D eigenvalue weighted by molar-refractivity contribution is 0.102. The molecule has 0 saturated carbocycles. The molecule has 0 bridgehead atoms. The van der Waals surface area contributed by atoms with E-state index in [4.69, 9.17) is 4.98 Å². The second-order valence-corrected chi connectivity index (χ2v) is 6.77. The predicted molar refractivity (Wildman–Crippen MR) is 109 cm³/mol. The van der Waals surface area contributed by atoms with E-state index in [0.717, 1.165) is 34.9 Å². The molecule has 29 heavy (non-hydrogen) atoms. The van der Waals surface area contributed by atoms with Gasteiger partial charge in [-0.25, -0.2) is 13.8 Å². The van der Waals surface area contributed by atoms with Gasteiger partial charge in [-0.05, 0) is 55.3 Å². The lowest BCUT2D eigenvalue weighted by atomic mass is 9.99. The molecular weight excluding hydrogens is 372 g/mol. The van der Waals surface area contributed by atoms with Crippen molar-refractivity contribution in [3.63, 3.8) is 0 Å². The van der Waals surface area contributed by atoms with E-state index in [0.29, 0.717) is 22.2 Å². The summed E-state index contributed by atoms with van der Waals surface area (Å²) >= 11 is 0. The Morgan fingerprint density at radius 1 is 0.966 bits per heavy atom. The number of aryl methyl sites for hydroxylation is 2. The number of amides is 1. The molecule has 6 heteroatoms. The summed E-state index contributed by atoms with van der Waals surface area (Å²) < 4.78 is 27.5. The number of pyridine rings is 2. The Morgan fingerprint density at radius 2 is 1.72 bits per heavy atom. The maximum absolute atomic E-state index is 14.0. The van der Waals surface area contributed by atoms with Gasteiger partial charge in [-0.15, -0.1) is 0 Å². The van der Waals surface area contributed by atoms with Crippen LogP contribution < -0.4 is 5.32 Å². The fourth-order valence-corrected chi connectivity index (χ4v) is 3.17. The lowest BCUT2D eigenvalue weighted by Gasteiger charge is -2.13. The van der Waals surface area contributed by atoms with E-state index in [1.165, 1.54) is 0 Å². The first kappa shape index (κ1) is 18.7. The number of nitrogens with zero attached hydrogens (tertiary/aromatic N) is 2. The average molecular weight is 389 g/mol. The molecule has 4 aromatic rings. The number of fused-ring (bicyclic) bond motifs is 1. The van der Waals surface area contributed by atoms with Crippen LogP contribution in [0.2, 0.25) is 0 Å². The van der Waals surface area contributed by atoms with Crippen LogP contribution in [0.5, 0.6) is 0 Å². The molecule has 0 spiro atoms. The van der Waals surface area contributed by atoms with Gasteiger partial charge in [0.05, 0.1) is 22.5 Å². The van der Waals surface area contributed by atoms with Gasteiger partial charge in [-0.1, -0.05) is 12.1 Å². The molecule has 4 rings (SSSR count). The zero-order valence-corrected chi connectivity index (χ0v) is 15.8. The summed E-state index contributed by atoms with van der Waals surface area (Å²) in [5, 5.41) is 3.12. The van der Waals surface area contributed by atoms with E-state index >= 15 is 0 Å². The highest BCUT2D eigenvalue weighted by molar-refractivity contribution is 6.13.